The van der Waals surface area contributed by atoms with Crippen LogP contribution in [0.5, 0.6) is 0 Å². The van der Waals surface area contributed by atoms with Gasteiger partial charge in [0.1, 0.15) is 0 Å². The highest BCUT2D eigenvalue weighted by Gasteiger charge is 2.00. The second kappa shape index (κ2) is 6.51. The molecule has 0 heteroatoms. The molecule has 13 heavy (non-hydrogen) atoms. The SMILES string of the molecule is C=CCC(C(C)=C=CC)=C(C)CC. The lowest BCUT2D eigenvalue weighted by Crippen LogP contribution is -1.88. The number of allylic oxidation sites excluding steroid dienone is 4. The monoisotopic (exact) mass is 176 g/mol. The van der Waals surface area contributed by atoms with Crippen LogP contribution in [0.15, 0.2) is 41.2 Å². The van der Waals surface area contributed by atoms with Crippen molar-refractivity contribution < 1.29 is 0 Å². The van der Waals surface area contributed by atoms with Gasteiger partial charge in [-0.1, -0.05) is 18.6 Å². The average molecular weight is 176 g/mol. The molecule has 0 radical (unpaired) electrons. The Hall–Kier alpha value is -1.00. The first-order valence-electron chi connectivity index (χ1n) is 4.85. The average Bonchev–Trinajstić information content (AvgIpc) is 2.13. The summed E-state index contributed by atoms with van der Waals surface area (Å²) in [5, 5.41) is 0. The number of hydrogen-bond donors (Lipinski definition) is 0. The topological polar surface area (TPSA) is 0 Å². The minimum absolute atomic E-state index is 0.951. The van der Waals surface area contributed by atoms with Gasteiger partial charge in [-0.05, 0) is 50.8 Å². The largest absolute Gasteiger partial charge is 0.122 e. The molecular weight excluding hydrogens is 156 g/mol. The summed E-state index contributed by atoms with van der Waals surface area (Å²) in [5.74, 6) is 0. The van der Waals surface area contributed by atoms with Gasteiger partial charge in [-0.3, -0.25) is 0 Å². The van der Waals surface area contributed by atoms with E-state index in [9.17, 15) is 0 Å². The van der Waals surface area contributed by atoms with Gasteiger partial charge in [-0.2, -0.15) is 0 Å². The van der Waals surface area contributed by atoms with Gasteiger partial charge in [0.15, 0.2) is 0 Å². The van der Waals surface area contributed by atoms with Crippen molar-refractivity contribution in [2.24, 2.45) is 0 Å². The Morgan fingerprint density at radius 2 is 2.00 bits per heavy atom. The molecule has 0 aliphatic rings. The molecule has 0 amide bonds. The van der Waals surface area contributed by atoms with E-state index in [-0.39, 0.29) is 0 Å². The Labute approximate surface area is 82.4 Å². The van der Waals surface area contributed by atoms with Crippen molar-refractivity contribution in [1.29, 1.82) is 0 Å². The highest BCUT2D eigenvalue weighted by Crippen LogP contribution is 2.19. The van der Waals surface area contributed by atoms with Crippen LogP contribution in [0.25, 0.3) is 0 Å². The van der Waals surface area contributed by atoms with E-state index in [2.05, 4.69) is 33.1 Å². The zero-order chi connectivity index (χ0) is 10.3. The third kappa shape index (κ3) is 3.96. The van der Waals surface area contributed by atoms with Crippen molar-refractivity contribution >= 4 is 0 Å². The van der Waals surface area contributed by atoms with E-state index < -0.39 is 0 Å². The Balaban J connectivity index is 5.03. The van der Waals surface area contributed by atoms with Crippen molar-refractivity contribution in [2.75, 3.05) is 0 Å². The van der Waals surface area contributed by atoms with Crippen LogP contribution in [-0.4, -0.2) is 0 Å². The molecule has 0 aromatic heterocycles. The van der Waals surface area contributed by atoms with Gasteiger partial charge >= 0.3 is 0 Å². The Kier molecular flexibility index (Phi) is 6.01. The fourth-order valence-corrected chi connectivity index (χ4v) is 1.31. The number of hydrogen-bond acceptors (Lipinski definition) is 0. The molecule has 0 aliphatic heterocycles. The van der Waals surface area contributed by atoms with Gasteiger partial charge in [0.05, 0.1) is 0 Å². The summed E-state index contributed by atoms with van der Waals surface area (Å²) in [6.07, 6.45) is 5.97. The van der Waals surface area contributed by atoms with Crippen molar-refractivity contribution in [3.8, 4) is 0 Å². The van der Waals surface area contributed by atoms with Gasteiger partial charge in [-0.25, -0.2) is 0 Å². The van der Waals surface area contributed by atoms with Crippen molar-refractivity contribution in [2.45, 2.75) is 40.5 Å². The molecule has 0 heterocycles. The maximum atomic E-state index is 3.77. The Bertz CT molecular complexity index is 258. The lowest BCUT2D eigenvalue weighted by Gasteiger charge is -2.07. The van der Waals surface area contributed by atoms with Crippen LogP contribution in [0.1, 0.15) is 40.5 Å². The summed E-state index contributed by atoms with van der Waals surface area (Å²) in [7, 11) is 0. The van der Waals surface area contributed by atoms with Gasteiger partial charge in [0.25, 0.3) is 0 Å². The van der Waals surface area contributed by atoms with Crippen molar-refractivity contribution in [1.82, 2.24) is 0 Å². The van der Waals surface area contributed by atoms with Gasteiger partial charge in [0.2, 0.25) is 0 Å². The molecule has 72 valence electrons. The van der Waals surface area contributed by atoms with Crippen LogP contribution in [-0.2, 0) is 0 Å². The molecule has 0 atom stereocenters. The van der Waals surface area contributed by atoms with Crippen LogP contribution < -0.4 is 0 Å². The number of rotatable bonds is 4. The second-order valence-electron chi connectivity index (χ2n) is 3.16. The van der Waals surface area contributed by atoms with E-state index in [1.54, 1.807) is 0 Å². The van der Waals surface area contributed by atoms with Crippen molar-refractivity contribution in [3.63, 3.8) is 0 Å². The predicted molar refractivity (Wildman–Crippen MR) is 60.7 cm³/mol. The van der Waals surface area contributed by atoms with E-state index in [0.717, 1.165) is 12.8 Å². The van der Waals surface area contributed by atoms with Gasteiger partial charge in [0, 0.05) is 0 Å². The van der Waals surface area contributed by atoms with Crippen LogP contribution >= 0.6 is 0 Å². The van der Waals surface area contributed by atoms with Crippen LogP contribution in [0, 0.1) is 0 Å². The lowest BCUT2D eigenvalue weighted by molar-refractivity contribution is 1.03. The molecule has 0 aliphatic carbocycles. The van der Waals surface area contributed by atoms with E-state index in [1.807, 2.05) is 19.1 Å². The van der Waals surface area contributed by atoms with Crippen LogP contribution in [0.2, 0.25) is 0 Å². The summed E-state index contributed by atoms with van der Waals surface area (Å²) in [6, 6.07) is 0. The maximum absolute atomic E-state index is 3.77. The molecule has 0 aromatic carbocycles. The van der Waals surface area contributed by atoms with E-state index in [0.29, 0.717) is 0 Å². The predicted octanol–water partition coefficient (Wildman–Crippen LogP) is 4.41. The first kappa shape index (κ1) is 12.0. The molecule has 0 bridgehead atoms. The summed E-state index contributed by atoms with van der Waals surface area (Å²) in [4.78, 5) is 0. The molecule has 0 spiro atoms. The molecule has 0 saturated heterocycles. The first-order valence-corrected chi connectivity index (χ1v) is 4.85. The quantitative estimate of drug-likeness (QED) is 0.338. The molecular formula is C13H20. The summed E-state index contributed by atoms with van der Waals surface area (Å²) < 4.78 is 0. The van der Waals surface area contributed by atoms with Gasteiger partial charge in [-0.15, -0.1) is 12.3 Å². The summed E-state index contributed by atoms with van der Waals surface area (Å²) in [5.41, 5.74) is 7.29. The van der Waals surface area contributed by atoms with E-state index in [1.165, 1.54) is 16.7 Å². The second-order valence-corrected chi connectivity index (χ2v) is 3.16. The van der Waals surface area contributed by atoms with Crippen LogP contribution in [0.4, 0.5) is 0 Å². The highest BCUT2D eigenvalue weighted by atomic mass is 14.1. The lowest BCUT2D eigenvalue weighted by atomic mass is 9.98. The van der Waals surface area contributed by atoms with E-state index >= 15 is 0 Å². The molecule has 0 rings (SSSR count). The molecule has 0 N–H and O–H groups in total. The van der Waals surface area contributed by atoms with Crippen LogP contribution in [0.3, 0.4) is 0 Å². The smallest absolute Gasteiger partial charge is 0.00603 e. The molecule has 0 saturated carbocycles. The minimum Gasteiger partial charge on any atom is -0.122 e. The van der Waals surface area contributed by atoms with Gasteiger partial charge < -0.3 is 0 Å². The summed E-state index contributed by atoms with van der Waals surface area (Å²) >= 11 is 0. The standard InChI is InChI=1S/C13H20/c1-6-9-12(5)13(10-7-2)11(4)8-3/h6-7H,2,8,10H2,1,3-5H3. The minimum atomic E-state index is 0.951. The molecule has 0 unspecified atom stereocenters. The molecule has 0 fully saturated rings. The zero-order valence-corrected chi connectivity index (χ0v) is 9.28. The summed E-state index contributed by atoms with van der Waals surface area (Å²) in [6.45, 7) is 12.2. The Morgan fingerprint density at radius 1 is 1.38 bits per heavy atom. The van der Waals surface area contributed by atoms with Crippen molar-refractivity contribution in [3.05, 3.63) is 41.2 Å². The zero-order valence-electron chi connectivity index (χ0n) is 9.28. The third-order valence-electron chi connectivity index (χ3n) is 2.21. The fourth-order valence-electron chi connectivity index (χ4n) is 1.31. The van der Waals surface area contributed by atoms with E-state index in [4.69, 9.17) is 0 Å². The normalized spacial score (nSPS) is 11.4. The first-order chi connectivity index (χ1) is 6.17. The maximum Gasteiger partial charge on any atom is -0.00603 e. The molecule has 0 aromatic rings. The third-order valence-corrected chi connectivity index (χ3v) is 2.21. The molecule has 0 nitrogen and oxygen atoms in total. The Morgan fingerprint density at radius 3 is 2.38 bits per heavy atom. The highest BCUT2D eigenvalue weighted by molar-refractivity contribution is 5.34. The fraction of sp³-hybridized carbons (Fsp3) is 0.462.